The smallest absolute Gasteiger partial charge is 0.310 e. The Bertz CT molecular complexity index is 2290. The van der Waals surface area contributed by atoms with Gasteiger partial charge in [0, 0.05) is 29.4 Å². The summed E-state index contributed by atoms with van der Waals surface area (Å²) < 4.78 is 61.9. The van der Waals surface area contributed by atoms with Crippen LogP contribution in [0.2, 0.25) is 0 Å². The quantitative estimate of drug-likeness (QED) is 0.0439. The number of ketones is 1. The third kappa shape index (κ3) is 8.70. The highest BCUT2D eigenvalue weighted by atomic mass is 16.7. The van der Waals surface area contributed by atoms with Crippen LogP contribution < -0.4 is 52.7 Å². The minimum absolute atomic E-state index is 0.0679. The Morgan fingerprint density at radius 1 is 0.694 bits per heavy atom. The highest BCUT2D eigenvalue weighted by Crippen LogP contribution is 2.55. The van der Waals surface area contributed by atoms with Crippen molar-refractivity contribution in [3.05, 3.63) is 88.5 Å². The first kappa shape index (κ1) is 43.3. The maximum atomic E-state index is 13.6. The van der Waals surface area contributed by atoms with Crippen LogP contribution in [0, 0.1) is 11.8 Å². The Kier molecular flexibility index (Phi) is 13.5. The van der Waals surface area contributed by atoms with Gasteiger partial charge in [-0.1, -0.05) is 0 Å². The lowest BCUT2D eigenvalue weighted by atomic mass is 9.65. The number of ether oxygens (including phenoxy) is 11. The summed E-state index contributed by atoms with van der Waals surface area (Å²) in [5, 5.41) is 3.25. The summed E-state index contributed by atoms with van der Waals surface area (Å²) in [6.45, 7) is 0.626. The Labute approximate surface area is 360 Å². The second kappa shape index (κ2) is 19.3. The first-order valence-corrected chi connectivity index (χ1v) is 20.2. The summed E-state index contributed by atoms with van der Waals surface area (Å²) in [7, 11) is 10.7. The van der Waals surface area contributed by atoms with Crippen LogP contribution in [-0.2, 0) is 14.3 Å². The lowest BCUT2D eigenvalue weighted by molar-refractivity contribution is -0.141. The van der Waals surface area contributed by atoms with Gasteiger partial charge in [0.2, 0.25) is 24.2 Å². The van der Waals surface area contributed by atoms with Crippen LogP contribution in [0.15, 0.2) is 60.7 Å². The maximum absolute atomic E-state index is 13.6. The molecule has 15 heteroatoms. The molecule has 0 bridgehead atoms. The average molecular weight is 854 g/mol. The molecule has 1 N–H and O–H groups in total. The fourth-order valence-electron chi connectivity index (χ4n) is 8.45. The number of allylic oxidation sites excluding steroid dienone is 1. The standard InChI is InChI=1S/C47H51NO14/c1-52-34-15-13-29(17-26(34)12-14-33(49)27-18-37(53-2)45(57-6)38(19-27)54-3)59-16-10-8-9-11-41(50)48-44-31-23-36-35(61-25-62-36)22-30(31)42(43-32(44)24-60-47(43)51)28-20-39(55-4)46(58-7)40(21-28)56-5/h12-15,17-23,32,42-44H,8-11,16,24-25H2,1-7H3,(H,48,50)/b14-12+/t32-,42+,43-,44+/m0/s1. The molecule has 1 aliphatic carbocycles. The number of esters is 1. The van der Waals surface area contributed by atoms with Gasteiger partial charge in [0.1, 0.15) is 11.5 Å². The third-order valence-corrected chi connectivity index (χ3v) is 11.4. The van der Waals surface area contributed by atoms with E-state index in [2.05, 4.69) is 5.32 Å². The van der Waals surface area contributed by atoms with Gasteiger partial charge in [0.05, 0.1) is 74.9 Å². The summed E-state index contributed by atoms with van der Waals surface area (Å²) in [5.41, 5.74) is 3.43. The number of nitrogens with one attached hydrogen (secondary N) is 1. The zero-order valence-corrected chi connectivity index (χ0v) is 35.8. The number of carbonyl (C=O) groups excluding carboxylic acids is 3. The van der Waals surface area contributed by atoms with Crippen LogP contribution in [0.25, 0.3) is 6.08 Å². The Hall–Kier alpha value is -6.77. The number of rotatable bonds is 19. The molecule has 4 aromatic carbocycles. The zero-order valence-electron chi connectivity index (χ0n) is 35.8. The highest BCUT2D eigenvalue weighted by molar-refractivity contribution is 6.07. The van der Waals surface area contributed by atoms with Crippen molar-refractivity contribution in [2.75, 3.05) is 69.8 Å². The summed E-state index contributed by atoms with van der Waals surface area (Å²) >= 11 is 0. The van der Waals surface area contributed by atoms with Crippen molar-refractivity contribution in [2.24, 2.45) is 11.8 Å². The van der Waals surface area contributed by atoms with Crippen LogP contribution in [-0.4, -0.2) is 87.4 Å². The molecule has 0 spiro atoms. The van der Waals surface area contributed by atoms with Crippen LogP contribution in [0.5, 0.6) is 57.5 Å². The first-order valence-electron chi connectivity index (χ1n) is 20.2. The maximum Gasteiger partial charge on any atom is 0.310 e. The molecule has 2 aliphatic heterocycles. The molecule has 4 aromatic rings. The molecule has 0 unspecified atom stereocenters. The first-order chi connectivity index (χ1) is 30.2. The monoisotopic (exact) mass is 853 g/mol. The predicted octanol–water partition coefficient (Wildman–Crippen LogP) is 7.10. The highest BCUT2D eigenvalue weighted by Gasteiger charge is 2.53. The number of benzene rings is 4. The van der Waals surface area contributed by atoms with Gasteiger partial charge < -0.3 is 57.4 Å². The van der Waals surface area contributed by atoms with E-state index in [1.165, 1.54) is 34.5 Å². The normalized spacial score (nSPS) is 18.3. The molecular weight excluding hydrogens is 803 g/mol. The lowest BCUT2D eigenvalue weighted by Gasteiger charge is -2.39. The molecule has 1 saturated heterocycles. The minimum Gasteiger partial charge on any atom is -0.496 e. The molecule has 1 amide bonds. The van der Waals surface area contributed by atoms with Gasteiger partial charge in [-0.3, -0.25) is 14.4 Å². The molecule has 4 atom stereocenters. The topological polar surface area (TPSA) is 165 Å². The summed E-state index contributed by atoms with van der Waals surface area (Å²) in [5.74, 6) is 2.61. The van der Waals surface area contributed by atoms with Gasteiger partial charge in [-0.15, -0.1) is 0 Å². The number of cyclic esters (lactones) is 1. The molecule has 0 radical (unpaired) electrons. The predicted molar refractivity (Wildman–Crippen MR) is 226 cm³/mol. The van der Waals surface area contributed by atoms with Crippen molar-refractivity contribution in [1.82, 2.24) is 5.32 Å². The molecule has 62 heavy (non-hydrogen) atoms. The number of fused-ring (bicyclic) bond motifs is 3. The Morgan fingerprint density at radius 3 is 1.92 bits per heavy atom. The van der Waals surface area contributed by atoms with Crippen LogP contribution >= 0.6 is 0 Å². The molecule has 1 fully saturated rings. The molecule has 7 rings (SSSR count). The summed E-state index contributed by atoms with van der Waals surface area (Å²) in [6, 6.07) is 15.5. The fourth-order valence-corrected chi connectivity index (χ4v) is 8.45. The zero-order chi connectivity index (χ0) is 43.9. The van der Waals surface area contributed by atoms with Gasteiger partial charge in [-0.05, 0) is 103 Å². The van der Waals surface area contributed by atoms with E-state index in [4.69, 9.17) is 52.1 Å². The molecule has 15 nitrogen and oxygen atoms in total. The van der Waals surface area contributed by atoms with Crippen LogP contribution in [0.1, 0.15) is 70.3 Å². The lowest BCUT2D eigenvalue weighted by Crippen LogP contribution is -2.42. The number of hydrogen-bond acceptors (Lipinski definition) is 14. The number of amides is 1. The van der Waals surface area contributed by atoms with E-state index in [0.29, 0.717) is 88.1 Å². The van der Waals surface area contributed by atoms with Crippen molar-refractivity contribution < 1.29 is 66.5 Å². The molecule has 0 saturated carbocycles. The SMILES string of the molecule is COc1ccc(OCCCCCC(=O)N[C@@H]2c3cc4c(cc3[C@@H](c3cc(OC)c(OC)c(OC)c3)[C@H]3C(=O)OC[C@@H]32)OCO4)cc1/C=C/C(=O)c1cc(OC)c(OC)c(OC)c1. The van der Waals surface area contributed by atoms with E-state index < -0.39 is 17.9 Å². The number of unbranched alkanes of at least 4 members (excludes halogenated alkanes) is 2. The van der Waals surface area contributed by atoms with Gasteiger partial charge in [0.15, 0.2) is 40.3 Å². The largest absolute Gasteiger partial charge is 0.496 e. The van der Waals surface area contributed by atoms with Gasteiger partial charge in [-0.25, -0.2) is 0 Å². The summed E-state index contributed by atoms with van der Waals surface area (Å²) in [6.07, 6.45) is 5.43. The third-order valence-electron chi connectivity index (χ3n) is 11.4. The minimum atomic E-state index is -0.607. The van der Waals surface area contributed by atoms with Crippen molar-refractivity contribution in [1.29, 1.82) is 0 Å². The van der Waals surface area contributed by atoms with E-state index in [9.17, 15) is 14.4 Å². The Morgan fingerprint density at radius 2 is 1.31 bits per heavy atom. The fraction of sp³-hybridized carbons (Fsp3) is 0.383. The Balaban J connectivity index is 0.985. The van der Waals surface area contributed by atoms with Crippen molar-refractivity contribution in [3.63, 3.8) is 0 Å². The van der Waals surface area contributed by atoms with Crippen molar-refractivity contribution in [2.45, 2.75) is 37.6 Å². The van der Waals surface area contributed by atoms with Crippen LogP contribution in [0.3, 0.4) is 0 Å². The number of methoxy groups -OCH3 is 7. The molecule has 328 valence electrons. The van der Waals surface area contributed by atoms with Gasteiger partial charge in [-0.2, -0.15) is 0 Å². The van der Waals surface area contributed by atoms with Crippen molar-refractivity contribution in [3.8, 4) is 57.5 Å². The van der Waals surface area contributed by atoms with E-state index >= 15 is 0 Å². The number of carbonyl (C=O) groups is 3. The summed E-state index contributed by atoms with van der Waals surface area (Å²) in [4.78, 5) is 40.4. The van der Waals surface area contributed by atoms with E-state index in [1.54, 1.807) is 57.7 Å². The molecule has 0 aromatic heterocycles. The van der Waals surface area contributed by atoms with Gasteiger partial charge >= 0.3 is 5.97 Å². The van der Waals surface area contributed by atoms with E-state index in [-0.39, 0.29) is 43.4 Å². The van der Waals surface area contributed by atoms with Gasteiger partial charge in [0.25, 0.3) is 0 Å². The van der Waals surface area contributed by atoms with Crippen molar-refractivity contribution >= 4 is 23.7 Å². The average Bonchev–Trinajstić information content (AvgIpc) is 3.93. The molecule has 2 heterocycles. The molecule has 3 aliphatic rings. The van der Waals surface area contributed by atoms with E-state index in [0.717, 1.165) is 23.1 Å². The van der Waals surface area contributed by atoms with Crippen LogP contribution in [0.4, 0.5) is 0 Å². The van der Waals surface area contributed by atoms with E-state index in [1.807, 2.05) is 24.3 Å². The number of hydrogen-bond donors (Lipinski definition) is 1. The molecular formula is C47H51NO14. The second-order valence-corrected chi connectivity index (χ2v) is 14.8. The second-order valence-electron chi connectivity index (χ2n) is 14.8.